The van der Waals surface area contributed by atoms with Crippen LogP contribution in [0.15, 0.2) is 0 Å². The summed E-state index contributed by atoms with van der Waals surface area (Å²) in [5.74, 6) is 0. The minimum Gasteiger partial charge on any atom is -0.381 e. The molecule has 2 saturated heterocycles. The van der Waals surface area contributed by atoms with Crippen molar-refractivity contribution >= 4 is 0 Å². The molecule has 19 heavy (non-hydrogen) atoms. The van der Waals surface area contributed by atoms with Crippen molar-refractivity contribution in [2.24, 2.45) is 0 Å². The van der Waals surface area contributed by atoms with Gasteiger partial charge in [-0.25, -0.2) is 0 Å². The quantitative estimate of drug-likeness (QED) is 0.696. The Labute approximate surface area is 118 Å². The largest absolute Gasteiger partial charge is 0.381 e. The maximum atomic E-state index is 5.68. The van der Waals surface area contributed by atoms with E-state index in [2.05, 4.69) is 6.92 Å². The van der Waals surface area contributed by atoms with E-state index in [-0.39, 0.29) is 0 Å². The Balaban J connectivity index is 0.000000300. The van der Waals surface area contributed by atoms with Crippen LogP contribution in [0, 0.1) is 0 Å². The molecule has 0 amide bonds. The zero-order valence-electron chi connectivity index (χ0n) is 12.7. The zero-order valence-corrected chi connectivity index (χ0v) is 12.7. The molecule has 4 heteroatoms. The van der Waals surface area contributed by atoms with Crippen LogP contribution in [0.2, 0.25) is 0 Å². The van der Waals surface area contributed by atoms with Crippen LogP contribution in [0.25, 0.3) is 0 Å². The number of morpholine rings is 1. The van der Waals surface area contributed by atoms with Crippen LogP contribution in [0.5, 0.6) is 0 Å². The van der Waals surface area contributed by atoms with Crippen LogP contribution >= 0.6 is 0 Å². The van der Waals surface area contributed by atoms with Gasteiger partial charge in [-0.05, 0) is 26.2 Å². The van der Waals surface area contributed by atoms with E-state index in [0.29, 0.717) is 6.10 Å². The number of unbranched alkanes of at least 4 members (excludes halogenated alkanes) is 2. The monoisotopic (exact) mass is 273 g/mol. The number of hydroxylamine groups is 2. The zero-order chi connectivity index (χ0) is 13.8. The van der Waals surface area contributed by atoms with Gasteiger partial charge in [0, 0.05) is 19.8 Å². The summed E-state index contributed by atoms with van der Waals surface area (Å²) in [4.78, 5) is 5.47. The fraction of sp³-hybridized carbons (Fsp3) is 1.00. The average Bonchev–Trinajstić information content (AvgIpc) is 2.99. The molecular weight excluding hydrogens is 242 g/mol. The maximum Gasteiger partial charge on any atom is 0.0726 e. The lowest BCUT2D eigenvalue weighted by molar-refractivity contribution is -0.209. The Bertz CT molecular complexity index is 188. The van der Waals surface area contributed by atoms with Gasteiger partial charge in [0.05, 0.1) is 25.9 Å². The summed E-state index contributed by atoms with van der Waals surface area (Å²) in [7, 11) is 0. The molecule has 1 unspecified atom stereocenters. The molecule has 0 saturated carbocycles. The van der Waals surface area contributed by atoms with Crippen LogP contribution in [-0.4, -0.2) is 50.7 Å². The number of hydrogen-bond acceptors (Lipinski definition) is 4. The van der Waals surface area contributed by atoms with Gasteiger partial charge in [0.25, 0.3) is 0 Å². The second kappa shape index (κ2) is 11.6. The predicted octanol–water partition coefficient (Wildman–Crippen LogP) is 3.02. The molecule has 0 N–H and O–H groups in total. The predicted molar refractivity (Wildman–Crippen MR) is 77.1 cm³/mol. The molecule has 0 bridgehead atoms. The van der Waals surface area contributed by atoms with Crippen LogP contribution < -0.4 is 0 Å². The Hall–Kier alpha value is -0.160. The highest BCUT2D eigenvalue weighted by molar-refractivity contribution is 4.66. The third-order valence-corrected chi connectivity index (χ3v) is 3.37. The van der Waals surface area contributed by atoms with Crippen LogP contribution in [0.4, 0.5) is 0 Å². The molecule has 1 atom stereocenters. The third kappa shape index (κ3) is 8.58. The molecule has 0 aromatic rings. The van der Waals surface area contributed by atoms with Crippen LogP contribution in [-0.2, 0) is 14.3 Å². The van der Waals surface area contributed by atoms with E-state index < -0.39 is 0 Å². The number of ether oxygens (including phenoxy) is 2. The van der Waals surface area contributed by atoms with Crippen molar-refractivity contribution in [1.82, 2.24) is 5.06 Å². The molecule has 114 valence electrons. The van der Waals surface area contributed by atoms with Crippen LogP contribution in [0.1, 0.15) is 52.4 Å². The van der Waals surface area contributed by atoms with Gasteiger partial charge in [0.1, 0.15) is 0 Å². The molecule has 2 aliphatic heterocycles. The van der Waals surface area contributed by atoms with Crippen molar-refractivity contribution in [3.63, 3.8) is 0 Å². The van der Waals surface area contributed by atoms with Crippen molar-refractivity contribution < 1.29 is 14.3 Å². The lowest BCUT2D eigenvalue weighted by atomic mass is 10.1. The lowest BCUT2D eigenvalue weighted by Crippen LogP contribution is -2.42. The highest BCUT2D eigenvalue weighted by atomic mass is 16.7. The molecule has 0 radical (unpaired) electrons. The van der Waals surface area contributed by atoms with Crippen molar-refractivity contribution in [2.45, 2.75) is 58.5 Å². The maximum absolute atomic E-state index is 5.68. The molecule has 2 rings (SSSR count). The summed E-state index contributed by atoms with van der Waals surface area (Å²) in [6.45, 7) is 9.70. The van der Waals surface area contributed by atoms with Gasteiger partial charge in [-0.2, -0.15) is 5.06 Å². The van der Waals surface area contributed by atoms with E-state index in [1.165, 1.54) is 38.5 Å². The summed E-state index contributed by atoms with van der Waals surface area (Å²) in [5.41, 5.74) is 0. The Morgan fingerprint density at radius 2 is 1.89 bits per heavy atom. The topological polar surface area (TPSA) is 30.9 Å². The van der Waals surface area contributed by atoms with E-state index in [9.17, 15) is 0 Å². The smallest absolute Gasteiger partial charge is 0.0726 e. The van der Waals surface area contributed by atoms with Gasteiger partial charge in [0.2, 0.25) is 0 Å². The SMILES string of the molecule is C1CCOC1.CCCCCC1CN(OCC)CCO1. The first-order valence-corrected chi connectivity index (χ1v) is 7.94. The normalized spacial score (nSPS) is 24.0. The molecule has 0 aliphatic carbocycles. The Kier molecular flexibility index (Phi) is 10.4. The standard InChI is InChI=1S/C11H23NO2.C4H8O/c1-3-5-6-7-11-10-12(14-4-2)8-9-13-11;1-2-4-5-3-1/h11H,3-10H2,1-2H3;1-4H2. The van der Waals surface area contributed by atoms with E-state index in [4.69, 9.17) is 14.3 Å². The first-order chi connectivity index (χ1) is 9.36. The van der Waals surface area contributed by atoms with Crippen LogP contribution in [0.3, 0.4) is 0 Å². The summed E-state index contributed by atoms with van der Waals surface area (Å²) in [6, 6.07) is 0. The van der Waals surface area contributed by atoms with E-state index in [1.54, 1.807) is 0 Å². The molecular formula is C15H31NO3. The third-order valence-electron chi connectivity index (χ3n) is 3.37. The van der Waals surface area contributed by atoms with Gasteiger partial charge in [0.15, 0.2) is 0 Å². The summed E-state index contributed by atoms with van der Waals surface area (Å²) in [5, 5.41) is 2.04. The Morgan fingerprint density at radius 1 is 1.11 bits per heavy atom. The minimum absolute atomic E-state index is 0.391. The van der Waals surface area contributed by atoms with Gasteiger partial charge in [-0.3, -0.25) is 4.84 Å². The lowest BCUT2D eigenvalue weighted by Gasteiger charge is -2.31. The fourth-order valence-electron chi connectivity index (χ4n) is 2.30. The van der Waals surface area contributed by atoms with Crippen molar-refractivity contribution in [2.75, 3.05) is 39.5 Å². The van der Waals surface area contributed by atoms with Gasteiger partial charge >= 0.3 is 0 Å². The average molecular weight is 273 g/mol. The molecule has 0 aromatic carbocycles. The highest BCUT2D eigenvalue weighted by Gasteiger charge is 2.19. The van der Waals surface area contributed by atoms with E-state index in [1.807, 2.05) is 12.0 Å². The van der Waals surface area contributed by atoms with Gasteiger partial charge in [-0.1, -0.05) is 26.2 Å². The first-order valence-electron chi connectivity index (χ1n) is 7.94. The Morgan fingerprint density at radius 3 is 2.47 bits per heavy atom. The minimum atomic E-state index is 0.391. The highest BCUT2D eigenvalue weighted by Crippen LogP contribution is 2.12. The van der Waals surface area contributed by atoms with Crippen molar-refractivity contribution in [1.29, 1.82) is 0 Å². The molecule has 4 nitrogen and oxygen atoms in total. The summed E-state index contributed by atoms with van der Waals surface area (Å²) < 4.78 is 10.6. The number of rotatable bonds is 6. The van der Waals surface area contributed by atoms with E-state index >= 15 is 0 Å². The second-order valence-electron chi connectivity index (χ2n) is 5.11. The first kappa shape index (κ1) is 16.9. The molecule has 2 fully saturated rings. The summed E-state index contributed by atoms with van der Waals surface area (Å²) >= 11 is 0. The number of hydrogen-bond donors (Lipinski definition) is 0. The molecule has 0 spiro atoms. The molecule has 2 aliphatic rings. The van der Waals surface area contributed by atoms with E-state index in [0.717, 1.165) is 39.5 Å². The summed E-state index contributed by atoms with van der Waals surface area (Å²) in [6.07, 6.45) is 8.00. The van der Waals surface area contributed by atoms with Crippen molar-refractivity contribution in [3.8, 4) is 0 Å². The number of nitrogens with zero attached hydrogens (tertiary/aromatic N) is 1. The van der Waals surface area contributed by atoms with Gasteiger partial charge in [-0.15, -0.1) is 0 Å². The second-order valence-corrected chi connectivity index (χ2v) is 5.11. The molecule has 0 aromatic heterocycles. The van der Waals surface area contributed by atoms with Crippen molar-refractivity contribution in [3.05, 3.63) is 0 Å². The van der Waals surface area contributed by atoms with Gasteiger partial charge < -0.3 is 9.47 Å². The fourth-order valence-corrected chi connectivity index (χ4v) is 2.30. The molecule has 2 heterocycles.